The van der Waals surface area contributed by atoms with Crippen molar-refractivity contribution in [3.8, 4) is 0 Å². The van der Waals surface area contributed by atoms with Gasteiger partial charge in [-0.3, -0.25) is 13.9 Å². The van der Waals surface area contributed by atoms with Gasteiger partial charge in [0.25, 0.3) is 0 Å². The highest BCUT2D eigenvalue weighted by molar-refractivity contribution is 7.92. The van der Waals surface area contributed by atoms with E-state index in [9.17, 15) is 18.0 Å². The highest BCUT2D eigenvalue weighted by Gasteiger charge is 2.33. The molecular weight excluding hydrogens is 545 g/mol. The van der Waals surface area contributed by atoms with Gasteiger partial charge in [-0.25, -0.2) is 8.42 Å². The Hall–Kier alpha value is -3.07. The lowest BCUT2D eigenvalue weighted by atomic mass is 10.0. The van der Waals surface area contributed by atoms with Gasteiger partial charge in [0.2, 0.25) is 21.8 Å². The quantitative estimate of drug-likeness (QED) is 0.351. The van der Waals surface area contributed by atoms with Crippen LogP contribution in [0.15, 0.2) is 78.9 Å². The van der Waals surface area contributed by atoms with E-state index in [4.69, 9.17) is 23.2 Å². The molecule has 0 saturated heterocycles. The van der Waals surface area contributed by atoms with Gasteiger partial charge >= 0.3 is 0 Å². The molecule has 202 valence electrons. The fourth-order valence-electron chi connectivity index (χ4n) is 4.01. The molecule has 0 spiro atoms. The molecule has 0 unspecified atom stereocenters. The maximum absolute atomic E-state index is 13.9. The Bertz CT molecular complexity index is 1370. The first kappa shape index (κ1) is 29.5. The van der Waals surface area contributed by atoms with Crippen LogP contribution in [-0.4, -0.2) is 50.0 Å². The summed E-state index contributed by atoms with van der Waals surface area (Å²) in [5.41, 5.74) is 1.81. The summed E-state index contributed by atoms with van der Waals surface area (Å²) in [5, 5.41) is 3.73. The standard InChI is InChI=1S/C28H31Cl2N3O4S/c1-20(2)31-28(35)26(16-21-9-5-4-6-10-21)32(18-22-11-7-12-23(29)15-22)27(34)19-33(38(3,36)37)25-14-8-13-24(30)17-25/h4-15,17,20,26H,16,18-19H2,1-3H3,(H,31,35)/t26-/m1/s1. The normalized spacial score (nSPS) is 12.2. The smallest absolute Gasteiger partial charge is 0.244 e. The zero-order valence-electron chi connectivity index (χ0n) is 21.5. The molecule has 3 aromatic carbocycles. The summed E-state index contributed by atoms with van der Waals surface area (Å²) in [6.45, 7) is 3.21. The van der Waals surface area contributed by atoms with E-state index in [1.54, 1.807) is 42.5 Å². The number of halogens is 2. The van der Waals surface area contributed by atoms with Crippen LogP contribution in [0.4, 0.5) is 5.69 Å². The lowest BCUT2D eigenvalue weighted by Crippen LogP contribution is -2.54. The molecule has 0 aliphatic rings. The number of anilines is 1. The molecule has 3 aromatic rings. The Morgan fingerprint density at radius 3 is 2.05 bits per heavy atom. The predicted octanol–water partition coefficient (Wildman–Crippen LogP) is 4.92. The largest absolute Gasteiger partial charge is 0.352 e. The summed E-state index contributed by atoms with van der Waals surface area (Å²) < 4.78 is 26.5. The minimum absolute atomic E-state index is 0.0511. The molecule has 1 atom stereocenters. The van der Waals surface area contributed by atoms with Crippen LogP contribution in [0.25, 0.3) is 0 Å². The molecule has 0 radical (unpaired) electrons. The fourth-order valence-corrected chi connectivity index (χ4v) is 5.25. The van der Waals surface area contributed by atoms with Crippen molar-refractivity contribution in [2.75, 3.05) is 17.1 Å². The van der Waals surface area contributed by atoms with Crippen LogP contribution in [-0.2, 0) is 32.6 Å². The summed E-state index contributed by atoms with van der Waals surface area (Å²) in [6.07, 6.45) is 1.26. The average molecular weight is 577 g/mol. The number of sulfonamides is 1. The van der Waals surface area contributed by atoms with Crippen molar-refractivity contribution in [1.82, 2.24) is 10.2 Å². The molecular formula is C28H31Cl2N3O4S. The van der Waals surface area contributed by atoms with Crippen molar-refractivity contribution < 1.29 is 18.0 Å². The van der Waals surface area contributed by atoms with Crippen molar-refractivity contribution in [2.24, 2.45) is 0 Å². The van der Waals surface area contributed by atoms with Crippen LogP contribution in [0.3, 0.4) is 0 Å². The monoisotopic (exact) mass is 575 g/mol. The van der Waals surface area contributed by atoms with Gasteiger partial charge < -0.3 is 10.2 Å². The fraction of sp³-hybridized carbons (Fsp3) is 0.286. The number of benzene rings is 3. The number of nitrogens with one attached hydrogen (secondary N) is 1. The second-order valence-corrected chi connectivity index (χ2v) is 12.0. The van der Waals surface area contributed by atoms with Crippen LogP contribution in [0.5, 0.6) is 0 Å². The maximum atomic E-state index is 13.9. The van der Waals surface area contributed by atoms with E-state index in [2.05, 4.69) is 5.32 Å². The molecule has 0 aliphatic heterocycles. The highest BCUT2D eigenvalue weighted by atomic mass is 35.5. The predicted molar refractivity (Wildman–Crippen MR) is 153 cm³/mol. The summed E-state index contributed by atoms with van der Waals surface area (Å²) in [6, 6.07) is 21.5. The van der Waals surface area contributed by atoms with Gasteiger partial charge in [0.1, 0.15) is 12.6 Å². The summed E-state index contributed by atoms with van der Waals surface area (Å²) in [4.78, 5) is 28.8. The minimum atomic E-state index is -3.86. The number of amides is 2. The number of hydrogen-bond acceptors (Lipinski definition) is 4. The van der Waals surface area contributed by atoms with Crippen molar-refractivity contribution >= 4 is 50.7 Å². The minimum Gasteiger partial charge on any atom is -0.352 e. The molecule has 0 saturated carbocycles. The number of rotatable bonds is 11. The van der Waals surface area contributed by atoms with E-state index in [1.165, 1.54) is 11.0 Å². The Balaban J connectivity index is 2.06. The van der Waals surface area contributed by atoms with E-state index in [0.717, 1.165) is 16.1 Å². The SMILES string of the molecule is CC(C)NC(=O)[C@@H](Cc1ccccc1)N(Cc1cccc(Cl)c1)C(=O)CN(c1cccc(Cl)c1)S(C)(=O)=O. The Morgan fingerprint density at radius 1 is 0.868 bits per heavy atom. The van der Waals surface area contributed by atoms with Crippen LogP contribution < -0.4 is 9.62 Å². The molecule has 7 nitrogen and oxygen atoms in total. The molecule has 0 aromatic heterocycles. The van der Waals surface area contributed by atoms with Gasteiger partial charge in [-0.15, -0.1) is 0 Å². The second kappa shape index (κ2) is 13.1. The summed E-state index contributed by atoms with van der Waals surface area (Å²) >= 11 is 12.3. The van der Waals surface area contributed by atoms with Crippen LogP contribution >= 0.6 is 23.2 Å². The zero-order chi connectivity index (χ0) is 27.9. The van der Waals surface area contributed by atoms with Crippen LogP contribution in [0.1, 0.15) is 25.0 Å². The number of hydrogen-bond donors (Lipinski definition) is 1. The second-order valence-electron chi connectivity index (χ2n) is 9.27. The Labute approximate surface area is 234 Å². The van der Waals surface area contributed by atoms with E-state index < -0.39 is 28.5 Å². The lowest BCUT2D eigenvalue weighted by molar-refractivity contribution is -0.140. The van der Waals surface area contributed by atoms with Crippen molar-refractivity contribution in [1.29, 1.82) is 0 Å². The van der Waals surface area contributed by atoms with Gasteiger partial charge in [-0.2, -0.15) is 0 Å². The molecule has 0 aliphatic carbocycles. The average Bonchev–Trinajstić information content (AvgIpc) is 2.84. The van der Waals surface area contributed by atoms with Crippen LogP contribution in [0, 0.1) is 0 Å². The summed E-state index contributed by atoms with van der Waals surface area (Å²) in [7, 11) is -3.86. The Kier molecular flexibility index (Phi) is 10.2. The van der Waals surface area contributed by atoms with Gasteiger partial charge in [-0.05, 0) is 55.3 Å². The molecule has 1 N–H and O–H groups in total. The van der Waals surface area contributed by atoms with Gasteiger partial charge in [-0.1, -0.05) is 71.7 Å². The van der Waals surface area contributed by atoms with Gasteiger partial charge in [0, 0.05) is 29.1 Å². The lowest BCUT2D eigenvalue weighted by Gasteiger charge is -2.34. The third-order valence-corrected chi connectivity index (χ3v) is 7.33. The molecule has 3 rings (SSSR count). The molecule has 0 bridgehead atoms. The highest BCUT2D eigenvalue weighted by Crippen LogP contribution is 2.23. The maximum Gasteiger partial charge on any atom is 0.244 e. The first-order valence-corrected chi connectivity index (χ1v) is 14.7. The number of nitrogens with zero attached hydrogens (tertiary/aromatic N) is 2. The molecule has 0 fully saturated rings. The van der Waals surface area contributed by atoms with Crippen LogP contribution in [0.2, 0.25) is 10.0 Å². The third-order valence-electron chi connectivity index (χ3n) is 5.72. The van der Waals surface area contributed by atoms with E-state index in [0.29, 0.717) is 15.6 Å². The first-order valence-electron chi connectivity index (χ1n) is 12.1. The summed E-state index contributed by atoms with van der Waals surface area (Å²) in [5.74, 6) is -0.886. The number of carbonyl (C=O) groups excluding carboxylic acids is 2. The molecule has 38 heavy (non-hydrogen) atoms. The molecule has 0 heterocycles. The Morgan fingerprint density at radius 2 is 1.47 bits per heavy atom. The van der Waals surface area contributed by atoms with E-state index in [1.807, 2.05) is 44.2 Å². The van der Waals surface area contributed by atoms with Crippen molar-refractivity contribution in [3.05, 3.63) is 100 Å². The van der Waals surface area contributed by atoms with Gasteiger partial charge in [0.05, 0.1) is 11.9 Å². The third kappa shape index (κ3) is 8.48. The molecule has 10 heteroatoms. The zero-order valence-corrected chi connectivity index (χ0v) is 23.8. The van der Waals surface area contributed by atoms with Crippen molar-refractivity contribution in [2.45, 2.75) is 38.9 Å². The van der Waals surface area contributed by atoms with E-state index >= 15 is 0 Å². The topological polar surface area (TPSA) is 86.8 Å². The van der Waals surface area contributed by atoms with Crippen molar-refractivity contribution in [3.63, 3.8) is 0 Å². The van der Waals surface area contributed by atoms with E-state index in [-0.39, 0.29) is 30.6 Å². The molecule has 2 amide bonds. The van der Waals surface area contributed by atoms with Gasteiger partial charge in [0.15, 0.2) is 0 Å². The number of carbonyl (C=O) groups is 2. The first-order chi connectivity index (χ1) is 17.9.